The molecule has 0 aromatic rings. The normalized spacial score (nSPS) is 16.2. The minimum atomic E-state index is 0.132. The number of amides is 1. The highest BCUT2D eigenvalue weighted by Gasteiger charge is 2.26. The molecule has 1 aliphatic rings. The third kappa shape index (κ3) is 4.34. The summed E-state index contributed by atoms with van der Waals surface area (Å²) in [6.45, 7) is 5.64. The summed E-state index contributed by atoms with van der Waals surface area (Å²) in [5.74, 6) is 0.132. The number of thioether (sulfide) groups is 1. The molecule has 1 amide bonds. The second-order valence-corrected chi connectivity index (χ2v) is 5.80. The molecule has 16 heavy (non-hydrogen) atoms. The van der Waals surface area contributed by atoms with Crippen LogP contribution < -0.4 is 10.6 Å². The molecule has 0 bridgehead atoms. The highest BCUT2D eigenvalue weighted by molar-refractivity contribution is 8.00. The summed E-state index contributed by atoms with van der Waals surface area (Å²) in [5.41, 5.74) is 0. The largest absolute Gasteiger partial charge is 0.354 e. The molecule has 94 valence electrons. The maximum Gasteiger partial charge on any atom is 0.234 e. The van der Waals surface area contributed by atoms with Gasteiger partial charge in [0.15, 0.2) is 0 Å². The Labute approximate surface area is 103 Å². The molecule has 0 heterocycles. The SMILES string of the molecule is CCC(CC)(CNC(=O)CNC1CC1)SC. The Bertz CT molecular complexity index is 217. The van der Waals surface area contributed by atoms with E-state index in [-0.39, 0.29) is 10.7 Å². The number of hydrogen-bond acceptors (Lipinski definition) is 3. The third-order valence-corrected chi connectivity index (χ3v) is 5.05. The van der Waals surface area contributed by atoms with Crippen molar-refractivity contribution in [3.05, 3.63) is 0 Å². The van der Waals surface area contributed by atoms with Crippen LogP contribution in [0.15, 0.2) is 0 Å². The Balaban J connectivity index is 2.21. The molecule has 0 aromatic heterocycles. The molecule has 1 saturated carbocycles. The first kappa shape index (κ1) is 13.8. The third-order valence-electron chi connectivity index (χ3n) is 3.46. The summed E-state index contributed by atoms with van der Waals surface area (Å²) in [6, 6.07) is 0.605. The first-order valence-electron chi connectivity index (χ1n) is 6.21. The Hall–Kier alpha value is -0.220. The standard InChI is InChI=1S/C12H24N2OS/c1-4-12(5-2,16-3)9-14-11(15)8-13-10-6-7-10/h10,13H,4-9H2,1-3H3,(H,14,15). The van der Waals surface area contributed by atoms with E-state index in [1.54, 1.807) is 0 Å². The summed E-state index contributed by atoms with van der Waals surface area (Å²) in [4.78, 5) is 11.6. The van der Waals surface area contributed by atoms with Crippen LogP contribution in [0.5, 0.6) is 0 Å². The Morgan fingerprint density at radius 3 is 2.44 bits per heavy atom. The fourth-order valence-electron chi connectivity index (χ4n) is 1.71. The van der Waals surface area contributed by atoms with E-state index < -0.39 is 0 Å². The van der Waals surface area contributed by atoms with E-state index >= 15 is 0 Å². The molecule has 2 N–H and O–H groups in total. The minimum absolute atomic E-state index is 0.132. The van der Waals surface area contributed by atoms with E-state index in [0.717, 1.165) is 19.4 Å². The van der Waals surface area contributed by atoms with Gasteiger partial charge in [0.1, 0.15) is 0 Å². The summed E-state index contributed by atoms with van der Waals surface area (Å²) in [6.07, 6.45) is 6.78. The first-order chi connectivity index (χ1) is 7.65. The van der Waals surface area contributed by atoms with Crippen molar-refractivity contribution in [1.29, 1.82) is 0 Å². The van der Waals surface area contributed by atoms with Crippen LogP contribution in [0.4, 0.5) is 0 Å². The molecule has 0 spiro atoms. The van der Waals surface area contributed by atoms with E-state index in [4.69, 9.17) is 0 Å². The van der Waals surface area contributed by atoms with Crippen molar-refractivity contribution in [3.63, 3.8) is 0 Å². The fraction of sp³-hybridized carbons (Fsp3) is 0.917. The van der Waals surface area contributed by atoms with Crippen molar-refractivity contribution in [1.82, 2.24) is 10.6 Å². The van der Waals surface area contributed by atoms with Gasteiger partial charge in [0.2, 0.25) is 5.91 Å². The lowest BCUT2D eigenvalue weighted by molar-refractivity contribution is -0.120. The van der Waals surface area contributed by atoms with Crippen LogP contribution >= 0.6 is 11.8 Å². The molecule has 1 rings (SSSR count). The molecule has 1 aliphatic carbocycles. The maximum absolute atomic E-state index is 11.6. The van der Waals surface area contributed by atoms with Gasteiger partial charge in [-0.05, 0) is 31.9 Å². The highest BCUT2D eigenvalue weighted by atomic mass is 32.2. The molecule has 0 aromatic carbocycles. The number of hydrogen-bond donors (Lipinski definition) is 2. The lowest BCUT2D eigenvalue weighted by atomic mass is 10.0. The van der Waals surface area contributed by atoms with Gasteiger partial charge >= 0.3 is 0 Å². The number of carbonyl (C=O) groups excluding carboxylic acids is 1. The van der Waals surface area contributed by atoms with Gasteiger partial charge in [0.05, 0.1) is 6.54 Å². The number of carbonyl (C=O) groups is 1. The minimum Gasteiger partial charge on any atom is -0.354 e. The van der Waals surface area contributed by atoms with Gasteiger partial charge in [0, 0.05) is 17.3 Å². The molecule has 0 atom stereocenters. The smallest absolute Gasteiger partial charge is 0.234 e. The average Bonchev–Trinajstić information content (AvgIpc) is 3.13. The number of nitrogens with one attached hydrogen (secondary N) is 2. The molecule has 1 fully saturated rings. The lowest BCUT2D eigenvalue weighted by Gasteiger charge is -2.29. The molecule has 0 saturated heterocycles. The van der Waals surface area contributed by atoms with Crippen LogP contribution in [0, 0.1) is 0 Å². The van der Waals surface area contributed by atoms with E-state index in [2.05, 4.69) is 30.7 Å². The fourth-order valence-corrected chi connectivity index (χ4v) is 2.50. The zero-order valence-corrected chi connectivity index (χ0v) is 11.5. The van der Waals surface area contributed by atoms with Crippen molar-refractivity contribution < 1.29 is 4.79 Å². The predicted octanol–water partition coefficient (Wildman–Crippen LogP) is 1.78. The van der Waals surface area contributed by atoms with Gasteiger partial charge in [-0.25, -0.2) is 0 Å². The van der Waals surface area contributed by atoms with Crippen LogP contribution in [-0.4, -0.2) is 36.0 Å². The first-order valence-corrected chi connectivity index (χ1v) is 7.43. The molecule has 3 nitrogen and oxygen atoms in total. The van der Waals surface area contributed by atoms with Crippen molar-refractivity contribution in [3.8, 4) is 0 Å². The predicted molar refractivity (Wildman–Crippen MR) is 70.9 cm³/mol. The summed E-state index contributed by atoms with van der Waals surface area (Å²) in [7, 11) is 0. The molecule has 0 unspecified atom stereocenters. The van der Waals surface area contributed by atoms with Crippen molar-refractivity contribution in [2.45, 2.75) is 50.3 Å². The highest BCUT2D eigenvalue weighted by Crippen LogP contribution is 2.29. The van der Waals surface area contributed by atoms with Crippen LogP contribution in [-0.2, 0) is 4.79 Å². The van der Waals surface area contributed by atoms with Gasteiger partial charge in [0.25, 0.3) is 0 Å². The van der Waals surface area contributed by atoms with E-state index in [0.29, 0.717) is 12.6 Å². The molecule has 0 radical (unpaired) electrons. The van der Waals surface area contributed by atoms with E-state index in [9.17, 15) is 4.79 Å². The average molecular weight is 244 g/mol. The Kier molecular flexibility index (Phi) is 5.62. The lowest BCUT2D eigenvalue weighted by Crippen LogP contribution is -2.43. The second kappa shape index (κ2) is 6.50. The molecular weight excluding hydrogens is 220 g/mol. The molecule has 0 aliphatic heterocycles. The van der Waals surface area contributed by atoms with E-state index in [1.807, 2.05) is 11.8 Å². The summed E-state index contributed by atoms with van der Waals surface area (Å²) in [5, 5.41) is 6.27. The van der Waals surface area contributed by atoms with Crippen LogP contribution in [0.25, 0.3) is 0 Å². The Morgan fingerprint density at radius 1 is 1.38 bits per heavy atom. The molecular formula is C12H24N2OS. The quantitative estimate of drug-likeness (QED) is 0.684. The van der Waals surface area contributed by atoms with Gasteiger partial charge in [-0.3, -0.25) is 4.79 Å². The Morgan fingerprint density at radius 2 is 2.00 bits per heavy atom. The number of rotatable bonds is 8. The van der Waals surface area contributed by atoms with Gasteiger partial charge in [-0.2, -0.15) is 11.8 Å². The van der Waals surface area contributed by atoms with Crippen molar-refractivity contribution >= 4 is 17.7 Å². The van der Waals surface area contributed by atoms with E-state index in [1.165, 1.54) is 12.8 Å². The monoisotopic (exact) mass is 244 g/mol. The van der Waals surface area contributed by atoms with Crippen LogP contribution in [0.2, 0.25) is 0 Å². The van der Waals surface area contributed by atoms with Gasteiger partial charge < -0.3 is 10.6 Å². The van der Waals surface area contributed by atoms with Gasteiger partial charge in [-0.15, -0.1) is 0 Å². The van der Waals surface area contributed by atoms with Crippen LogP contribution in [0.3, 0.4) is 0 Å². The zero-order valence-electron chi connectivity index (χ0n) is 10.6. The summed E-state index contributed by atoms with van der Waals surface area (Å²) < 4.78 is 0.218. The zero-order chi connectivity index (χ0) is 12.0. The van der Waals surface area contributed by atoms with Crippen LogP contribution in [0.1, 0.15) is 39.5 Å². The molecule has 4 heteroatoms. The second-order valence-electron chi connectivity index (χ2n) is 4.53. The summed E-state index contributed by atoms with van der Waals surface area (Å²) >= 11 is 1.86. The topological polar surface area (TPSA) is 41.1 Å². The maximum atomic E-state index is 11.6. The van der Waals surface area contributed by atoms with Crippen molar-refractivity contribution in [2.24, 2.45) is 0 Å². The van der Waals surface area contributed by atoms with Gasteiger partial charge in [-0.1, -0.05) is 13.8 Å². The van der Waals surface area contributed by atoms with Crippen molar-refractivity contribution in [2.75, 3.05) is 19.3 Å².